The molecule has 0 aliphatic carbocycles. The average molecular weight is 452 g/mol. The Morgan fingerprint density at radius 3 is 1.00 bits per heavy atom. The van der Waals surface area contributed by atoms with E-state index in [9.17, 15) is 0 Å². The Labute approximate surface area is 175 Å². The van der Waals surface area contributed by atoms with Crippen molar-refractivity contribution < 1.29 is 0 Å². The maximum atomic E-state index is 4.53. The van der Waals surface area contributed by atoms with Gasteiger partial charge in [-0.05, 0) is 0 Å². The van der Waals surface area contributed by atoms with Crippen molar-refractivity contribution in [2.75, 3.05) is 24.6 Å². The summed E-state index contributed by atoms with van der Waals surface area (Å²) in [5.41, 5.74) is 0. The number of rotatable bonds is 20. The van der Waals surface area contributed by atoms with Crippen molar-refractivity contribution in [3.8, 4) is 0 Å². The molecule has 0 bridgehead atoms. The molecule has 0 aromatic carbocycles. The van der Waals surface area contributed by atoms with Crippen LogP contribution in [-0.4, -0.2) is 24.6 Å². The van der Waals surface area contributed by atoms with Crippen LogP contribution in [-0.2, 0) is 0 Å². The fourth-order valence-corrected chi connectivity index (χ4v) is 14.0. The molecular weight excluding hydrogens is 399 g/mol. The summed E-state index contributed by atoms with van der Waals surface area (Å²) in [6.45, 7) is 9.45. The summed E-state index contributed by atoms with van der Waals surface area (Å²) in [6.07, 6.45) is 29.0. The minimum absolute atomic E-state index is 1.36. The van der Waals surface area contributed by atoms with Crippen LogP contribution >= 0.6 is 20.8 Å². The summed E-state index contributed by atoms with van der Waals surface area (Å²) >= 11 is 4.53. The number of unbranched alkanes of at least 4 members (excludes halogenated alkanes) is 12. The molecule has 0 amide bonds. The van der Waals surface area contributed by atoms with Gasteiger partial charge in [0.25, 0.3) is 0 Å². The standard InChI is InChI=1S/C24H52BrP/c1-5-9-11-13-15-17-19-23-26(25,21-7-3,22-8-4)24-20-18-16-14-12-10-6-2/h5-24H2,1-4H3. The van der Waals surface area contributed by atoms with Crippen molar-refractivity contribution in [3.05, 3.63) is 0 Å². The molecule has 2 heteroatoms. The molecule has 0 aromatic heterocycles. The third-order valence-electron chi connectivity index (χ3n) is 6.21. The van der Waals surface area contributed by atoms with Crippen LogP contribution in [0.2, 0.25) is 0 Å². The summed E-state index contributed by atoms with van der Waals surface area (Å²) in [7, 11) is 0. The molecule has 160 valence electrons. The van der Waals surface area contributed by atoms with Gasteiger partial charge in [0.05, 0.1) is 0 Å². The minimum atomic E-state index is -1.62. The topological polar surface area (TPSA) is 0 Å². The summed E-state index contributed by atoms with van der Waals surface area (Å²) < 4.78 is 0. The first-order valence-corrected chi connectivity index (χ1v) is 17.3. The summed E-state index contributed by atoms with van der Waals surface area (Å²) in [5.74, 6) is 0. The third kappa shape index (κ3) is 13.1. The molecular formula is C24H52BrP. The second-order valence-electron chi connectivity index (χ2n) is 8.96. The van der Waals surface area contributed by atoms with Crippen molar-refractivity contribution >= 4 is 20.8 Å². The second-order valence-corrected chi connectivity index (χ2v) is 20.4. The van der Waals surface area contributed by atoms with E-state index in [0.717, 1.165) is 0 Å². The van der Waals surface area contributed by atoms with E-state index in [1.807, 2.05) is 0 Å². The predicted octanol–water partition coefficient (Wildman–Crippen LogP) is 10.2. The van der Waals surface area contributed by atoms with E-state index in [-0.39, 0.29) is 0 Å². The molecule has 0 heterocycles. The van der Waals surface area contributed by atoms with Crippen molar-refractivity contribution in [1.82, 2.24) is 0 Å². The van der Waals surface area contributed by atoms with E-state index in [1.54, 1.807) is 0 Å². The molecule has 0 fully saturated rings. The summed E-state index contributed by atoms with van der Waals surface area (Å²) in [5, 5.41) is -1.62. The van der Waals surface area contributed by atoms with Crippen molar-refractivity contribution in [3.63, 3.8) is 0 Å². The molecule has 0 saturated heterocycles. The molecule has 0 aromatic rings. The molecule has 0 rings (SSSR count). The van der Waals surface area contributed by atoms with Crippen LogP contribution in [0.5, 0.6) is 0 Å². The van der Waals surface area contributed by atoms with Crippen LogP contribution in [0.25, 0.3) is 0 Å². The van der Waals surface area contributed by atoms with Gasteiger partial charge in [-0.15, -0.1) is 0 Å². The molecule has 0 aliphatic heterocycles. The molecule has 0 nitrogen and oxygen atoms in total. The molecule has 0 aliphatic rings. The predicted molar refractivity (Wildman–Crippen MR) is 132 cm³/mol. The van der Waals surface area contributed by atoms with Crippen LogP contribution in [0.15, 0.2) is 0 Å². The van der Waals surface area contributed by atoms with Crippen LogP contribution in [0.4, 0.5) is 0 Å². The fourth-order valence-electron chi connectivity index (χ4n) is 4.72. The Morgan fingerprint density at radius 2 is 0.692 bits per heavy atom. The molecule has 0 unspecified atom stereocenters. The first kappa shape index (κ1) is 26.9. The fraction of sp³-hybridized carbons (Fsp3) is 1.00. The summed E-state index contributed by atoms with van der Waals surface area (Å²) in [6, 6.07) is 0. The van der Waals surface area contributed by atoms with Crippen LogP contribution in [0.1, 0.15) is 130 Å². The Kier molecular flexibility index (Phi) is 17.4. The molecule has 0 saturated carbocycles. The van der Waals surface area contributed by atoms with Crippen molar-refractivity contribution in [1.29, 1.82) is 0 Å². The summed E-state index contributed by atoms with van der Waals surface area (Å²) in [4.78, 5) is 0. The van der Waals surface area contributed by atoms with E-state index < -0.39 is 5.31 Å². The normalized spacial score (nSPS) is 13.7. The average Bonchev–Trinajstić information content (AvgIpc) is 2.61. The van der Waals surface area contributed by atoms with Gasteiger partial charge in [0.1, 0.15) is 0 Å². The molecule has 0 spiro atoms. The van der Waals surface area contributed by atoms with Gasteiger partial charge in [-0.25, -0.2) is 0 Å². The Morgan fingerprint density at radius 1 is 0.385 bits per heavy atom. The van der Waals surface area contributed by atoms with Gasteiger partial charge >= 0.3 is 176 Å². The van der Waals surface area contributed by atoms with Crippen LogP contribution in [0.3, 0.4) is 0 Å². The first-order chi connectivity index (χ1) is 12.5. The van der Waals surface area contributed by atoms with Gasteiger partial charge in [-0.1, -0.05) is 0 Å². The third-order valence-corrected chi connectivity index (χ3v) is 16.5. The zero-order chi connectivity index (χ0) is 19.6. The second kappa shape index (κ2) is 16.8. The molecule has 26 heavy (non-hydrogen) atoms. The number of hydrogen-bond acceptors (Lipinski definition) is 0. The van der Waals surface area contributed by atoms with E-state index in [0.29, 0.717) is 0 Å². The van der Waals surface area contributed by atoms with E-state index in [2.05, 4.69) is 43.2 Å². The van der Waals surface area contributed by atoms with Crippen LogP contribution < -0.4 is 0 Å². The Balaban J connectivity index is 4.33. The zero-order valence-corrected chi connectivity index (χ0v) is 21.4. The first-order valence-electron chi connectivity index (χ1n) is 12.3. The SMILES string of the molecule is CCCCCCCCCP(Br)(CCC)(CCC)CCCCCCCCC. The van der Waals surface area contributed by atoms with E-state index in [1.165, 1.54) is 127 Å². The van der Waals surface area contributed by atoms with Crippen molar-refractivity contribution in [2.24, 2.45) is 0 Å². The quantitative estimate of drug-likeness (QED) is 0.128. The van der Waals surface area contributed by atoms with Gasteiger partial charge in [0, 0.05) is 0 Å². The van der Waals surface area contributed by atoms with Gasteiger partial charge in [0.2, 0.25) is 0 Å². The van der Waals surface area contributed by atoms with Crippen molar-refractivity contribution in [2.45, 2.75) is 130 Å². The number of hydrogen-bond donors (Lipinski definition) is 0. The molecule has 0 N–H and O–H groups in total. The Bertz CT molecular complexity index is 275. The van der Waals surface area contributed by atoms with E-state index in [4.69, 9.17) is 0 Å². The van der Waals surface area contributed by atoms with Gasteiger partial charge < -0.3 is 0 Å². The molecule has 0 atom stereocenters. The Hall–Kier alpha value is 0.910. The maximum absolute atomic E-state index is 4.53. The number of halogens is 1. The van der Waals surface area contributed by atoms with Gasteiger partial charge in [-0.3, -0.25) is 0 Å². The molecule has 0 radical (unpaired) electrons. The van der Waals surface area contributed by atoms with Gasteiger partial charge in [0.15, 0.2) is 0 Å². The zero-order valence-electron chi connectivity index (χ0n) is 19.0. The van der Waals surface area contributed by atoms with Gasteiger partial charge in [-0.2, -0.15) is 0 Å². The monoisotopic (exact) mass is 450 g/mol. The van der Waals surface area contributed by atoms with E-state index >= 15 is 0 Å². The van der Waals surface area contributed by atoms with Crippen LogP contribution in [0, 0.1) is 0 Å².